The van der Waals surface area contributed by atoms with E-state index in [4.69, 9.17) is 4.74 Å². The average molecular weight is 526 g/mol. The molecule has 8 heteroatoms. The van der Waals surface area contributed by atoms with Crippen molar-refractivity contribution in [1.29, 1.82) is 0 Å². The zero-order valence-electron chi connectivity index (χ0n) is 22.9. The molecule has 0 unspecified atom stereocenters. The molecule has 0 aliphatic heterocycles. The number of nitrogens with one attached hydrogen (secondary N) is 3. The third-order valence-electron chi connectivity index (χ3n) is 7.24. The molecule has 0 saturated heterocycles. The third kappa shape index (κ3) is 7.79. The molecule has 1 atom stereocenters. The Morgan fingerprint density at radius 1 is 1.00 bits per heavy atom. The van der Waals surface area contributed by atoms with Crippen LogP contribution in [0.25, 0.3) is 0 Å². The Bertz CT molecular complexity index is 1120. The molecule has 3 N–H and O–H groups in total. The summed E-state index contributed by atoms with van der Waals surface area (Å²) in [5.74, 6) is -1.72. The maximum Gasteiger partial charge on any atom is 0.328 e. The average Bonchev–Trinajstić information content (AvgIpc) is 2.89. The highest BCUT2D eigenvalue weighted by Crippen LogP contribution is 2.28. The van der Waals surface area contributed by atoms with E-state index < -0.39 is 29.8 Å². The van der Waals surface area contributed by atoms with Crippen molar-refractivity contribution in [3.8, 4) is 0 Å². The molecule has 2 aromatic rings. The zero-order valence-corrected chi connectivity index (χ0v) is 22.9. The molecule has 1 saturated carbocycles. The van der Waals surface area contributed by atoms with Crippen LogP contribution in [0.4, 0.5) is 20.6 Å². The predicted molar refractivity (Wildman–Crippen MR) is 148 cm³/mol. The number of hydrogen-bond acceptors (Lipinski definition) is 4. The van der Waals surface area contributed by atoms with E-state index in [1.807, 2.05) is 13.8 Å². The van der Waals surface area contributed by atoms with Crippen LogP contribution in [0.15, 0.2) is 30.3 Å². The van der Waals surface area contributed by atoms with E-state index >= 15 is 0 Å². The molecule has 0 radical (unpaired) electrons. The van der Waals surface area contributed by atoms with Crippen molar-refractivity contribution in [1.82, 2.24) is 5.32 Å². The second-order valence-electron chi connectivity index (χ2n) is 10.2. The fraction of sp³-hybridized carbons (Fsp3) is 0.500. The first-order chi connectivity index (χ1) is 18.2. The Kier molecular flexibility index (Phi) is 10.7. The number of amides is 3. The number of urea groups is 1. The molecular weight excluding hydrogens is 485 g/mol. The topological polar surface area (TPSA) is 96.5 Å². The van der Waals surface area contributed by atoms with Crippen molar-refractivity contribution in [2.24, 2.45) is 5.92 Å². The largest absolute Gasteiger partial charge is 0.467 e. The first kappa shape index (κ1) is 29.1. The predicted octanol–water partition coefficient (Wildman–Crippen LogP) is 6.67. The molecule has 0 heterocycles. The van der Waals surface area contributed by atoms with E-state index in [1.54, 1.807) is 0 Å². The van der Waals surface area contributed by atoms with E-state index in [1.165, 1.54) is 25.2 Å². The SMILES string of the molecule is CCCCCc1cc(C)c(NC(=O)Nc2cc(F)ccc2C(=O)N[C@H](C(=O)OC)C2CCCCC2)c(C)c1. The van der Waals surface area contributed by atoms with Gasteiger partial charge in [0.25, 0.3) is 5.91 Å². The minimum absolute atomic E-state index is 0.0127. The summed E-state index contributed by atoms with van der Waals surface area (Å²) in [6.07, 6.45) is 9.11. The highest BCUT2D eigenvalue weighted by atomic mass is 19.1. The minimum atomic E-state index is -0.805. The van der Waals surface area contributed by atoms with E-state index in [9.17, 15) is 18.8 Å². The Morgan fingerprint density at radius 2 is 1.68 bits per heavy atom. The van der Waals surface area contributed by atoms with Gasteiger partial charge in [-0.05, 0) is 80.3 Å². The van der Waals surface area contributed by atoms with Gasteiger partial charge in [-0.3, -0.25) is 4.79 Å². The normalized spacial score (nSPS) is 14.4. The lowest BCUT2D eigenvalue weighted by Gasteiger charge is -2.29. The summed E-state index contributed by atoms with van der Waals surface area (Å²) >= 11 is 0. The molecule has 206 valence electrons. The van der Waals surface area contributed by atoms with Crippen LogP contribution in [0, 0.1) is 25.6 Å². The maximum atomic E-state index is 14.1. The lowest BCUT2D eigenvalue weighted by molar-refractivity contribution is -0.144. The van der Waals surface area contributed by atoms with Crippen molar-refractivity contribution in [3.05, 3.63) is 58.4 Å². The van der Waals surface area contributed by atoms with Gasteiger partial charge in [0.05, 0.1) is 18.4 Å². The quantitative estimate of drug-likeness (QED) is 0.238. The Morgan fingerprint density at radius 3 is 2.32 bits per heavy atom. The van der Waals surface area contributed by atoms with Gasteiger partial charge in [-0.15, -0.1) is 0 Å². The number of esters is 1. The van der Waals surface area contributed by atoms with E-state index in [2.05, 4.69) is 35.0 Å². The van der Waals surface area contributed by atoms with Crippen LogP contribution in [-0.2, 0) is 16.0 Å². The molecule has 1 aliphatic carbocycles. The summed E-state index contributed by atoms with van der Waals surface area (Å²) < 4.78 is 19.1. The van der Waals surface area contributed by atoms with Crippen LogP contribution in [0.2, 0.25) is 0 Å². The van der Waals surface area contributed by atoms with Crippen LogP contribution >= 0.6 is 0 Å². The van der Waals surface area contributed by atoms with Gasteiger partial charge >= 0.3 is 12.0 Å². The molecule has 1 fully saturated rings. The zero-order chi connectivity index (χ0) is 27.7. The Balaban J connectivity index is 1.75. The number of hydrogen-bond donors (Lipinski definition) is 3. The number of aryl methyl sites for hydroxylation is 3. The number of benzene rings is 2. The maximum absolute atomic E-state index is 14.1. The number of halogens is 1. The third-order valence-corrected chi connectivity index (χ3v) is 7.24. The number of rotatable bonds is 10. The molecule has 3 amide bonds. The highest BCUT2D eigenvalue weighted by Gasteiger charge is 2.32. The molecule has 0 bridgehead atoms. The molecule has 38 heavy (non-hydrogen) atoms. The van der Waals surface area contributed by atoms with Crippen LogP contribution in [0.3, 0.4) is 0 Å². The Labute approximate surface area is 224 Å². The van der Waals surface area contributed by atoms with Gasteiger partial charge in [0.15, 0.2) is 0 Å². The van der Waals surface area contributed by atoms with Gasteiger partial charge in [0.2, 0.25) is 0 Å². The molecule has 0 spiro atoms. The second kappa shape index (κ2) is 13.9. The van der Waals surface area contributed by atoms with Crippen molar-refractivity contribution >= 4 is 29.3 Å². The summed E-state index contributed by atoms with van der Waals surface area (Å²) in [6.45, 7) is 6.04. The first-order valence-electron chi connectivity index (χ1n) is 13.6. The summed E-state index contributed by atoms with van der Waals surface area (Å²) in [6, 6.07) is 6.29. The molecule has 1 aliphatic rings. The van der Waals surface area contributed by atoms with Gasteiger partial charge in [-0.25, -0.2) is 14.0 Å². The number of anilines is 2. The first-order valence-corrected chi connectivity index (χ1v) is 13.6. The van der Waals surface area contributed by atoms with E-state index in [-0.39, 0.29) is 17.2 Å². The van der Waals surface area contributed by atoms with Crippen LogP contribution in [0.1, 0.15) is 85.3 Å². The van der Waals surface area contributed by atoms with Crippen LogP contribution in [0.5, 0.6) is 0 Å². The van der Waals surface area contributed by atoms with Gasteiger partial charge in [-0.2, -0.15) is 0 Å². The van der Waals surface area contributed by atoms with Crippen LogP contribution < -0.4 is 16.0 Å². The standard InChI is InChI=1S/C30H40FN3O4/c1-5-6-8-11-21-16-19(2)26(20(3)17-21)34-30(37)32-25-18-23(31)14-15-24(25)28(35)33-27(29(36)38-4)22-12-9-7-10-13-22/h14-18,22,27H,5-13H2,1-4H3,(H,33,35)(H2,32,34,37)/t27-/m0/s1. The smallest absolute Gasteiger partial charge is 0.328 e. The summed E-state index contributed by atoms with van der Waals surface area (Å²) in [4.78, 5) is 38.7. The lowest BCUT2D eigenvalue weighted by Crippen LogP contribution is -2.47. The number of unbranched alkanes of at least 4 members (excludes halogenated alkanes) is 2. The van der Waals surface area contributed by atoms with Crippen molar-refractivity contribution in [3.63, 3.8) is 0 Å². The fourth-order valence-corrected chi connectivity index (χ4v) is 5.24. The fourth-order valence-electron chi connectivity index (χ4n) is 5.24. The number of methoxy groups -OCH3 is 1. The van der Waals surface area contributed by atoms with E-state index in [0.717, 1.165) is 74.6 Å². The summed E-state index contributed by atoms with van der Waals surface area (Å²) in [5, 5.41) is 8.24. The monoisotopic (exact) mass is 525 g/mol. The molecule has 7 nitrogen and oxygen atoms in total. The highest BCUT2D eigenvalue weighted by molar-refractivity contribution is 6.07. The minimum Gasteiger partial charge on any atom is -0.467 e. The molecule has 0 aromatic heterocycles. The summed E-state index contributed by atoms with van der Waals surface area (Å²) in [5.41, 5.74) is 3.83. The number of carbonyl (C=O) groups excluding carboxylic acids is 3. The summed E-state index contributed by atoms with van der Waals surface area (Å²) in [7, 11) is 1.29. The molecule has 3 rings (SSSR count). The molecular formula is C30H40FN3O4. The van der Waals surface area contributed by atoms with Gasteiger partial charge in [0, 0.05) is 5.69 Å². The second-order valence-corrected chi connectivity index (χ2v) is 10.2. The van der Waals surface area contributed by atoms with Gasteiger partial charge < -0.3 is 20.7 Å². The van der Waals surface area contributed by atoms with Crippen LogP contribution in [-0.4, -0.2) is 31.1 Å². The Hall–Kier alpha value is -3.42. The van der Waals surface area contributed by atoms with Crippen molar-refractivity contribution in [2.75, 3.05) is 17.7 Å². The van der Waals surface area contributed by atoms with Gasteiger partial charge in [-0.1, -0.05) is 51.2 Å². The lowest BCUT2D eigenvalue weighted by atomic mass is 9.83. The molecule has 2 aromatic carbocycles. The van der Waals surface area contributed by atoms with Crippen molar-refractivity contribution in [2.45, 2.75) is 84.6 Å². The number of ether oxygens (including phenoxy) is 1. The van der Waals surface area contributed by atoms with Gasteiger partial charge in [0.1, 0.15) is 11.9 Å². The number of carbonyl (C=O) groups is 3. The van der Waals surface area contributed by atoms with E-state index in [0.29, 0.717) is 5.69 Å². The van der Waals surface area contributed by atoms with Crippen molar-refractivity contribution < 1.29 is 23.5 Å².